The van der Waals surface area contributed by atoms with Gasteiger partial charge in [-0.2, -0.15) is 0 Å². The van der Waals surface area contributed by atoms with E-state index in [0.717, 1.165) is 35.7 Å². The summed E-state index contributed by atoms with van der Waals surface area (Å²) in [7, 11) is 3.50. The van der Waals surface area contributed by atoms with Crippen molar-refractivity contribution in [1.29, 1.82) is 0 Å². The first kappa shape index (κ1) is 28.7. The number of nitrogens with zero attached hydrogens (tertiary/aromatic N) is 1. The zero-order valence-corrected chi connectivity index (χ0v) is 25.7. The molecular formula is C39H41NO4. The second-order valence-corrected chi connectivity index (χ2v) is 12.5. The van der Waals surface area contributed by atoms with Crippen molar-refractivity contribution in [2.75, 3.05) is 38.8 Å². The third-order valence-corrected chi connectivity index (χ3v) is 9.85. The Hall–Kier alpha value is -4.06. The van der Waals surface area contributed by atoms with Gasteiger partial charge in [0.05, 0.1) is 0 Å². The molecule has 0 N–H and O–H groups in total. The molecule has 0 amide bonds. The zero-order chi connectivity index (χ0) is 29.9. The van der Waals surface area contributed by atoms with E-state index in [1.54, 1.807) is 14.2 Å². The van der Waals surface area contributed by atoms with Gasteiger partial charge in [-0.25, -0.2) is 0 Å². The van der Waals surface area contributed by atoms with E-state index in [1.807, 2.05) is 24.3 Å². The van der Waals surface area contributed by atoms with Crippen molar-refractivity contribution in [3.05, 3.63) is 125 Å². The molecule has 0 unspecified atom stereocenters. The van der Waals surface area contributed by atoms with Gasteiger partial charge in [0.2, 0.25) is 0 Å². The number of piperidine rings is 1. The van der Waals surface area contributed by atoms with Gasteiger partial charge in [-0.15, -0.1) is 0 Å². The molecule has 44 heavy (non-hydrogen) atoms. The lowest BCUT2D eigenvalue weighted by atomic mass is 9.57. The number of anilines is 1. The molecule has 5 heteroatoms. The lowest BCUT2D eigenvalue weighted by Gasteiger charge is -2.54. The Morgan fingerprint density at radius 1 is 0.795 bits per heavy atom. The molecule has 4 aromatic carbocycles. The minimum Gasteiger partial charge on any atom is -0.489 e. The second kappa shape index (κ2) is 12.5. The summed E-state index contributed by atoms with van der Waals surface area (Å²) in [4.78, 5) is 2.55. The molecule has 0 aromatic heterocycles. The van der Waals surface area contributed by atoms with Crippen molar-refractivity contribution in [2.24, 2.45) is 11.3 Å². The smallest absolute Gasteiger partial charge is 0.159 e. The van der Waals surface area contributed by atoms with Crippen molar-refractivity contribution in [2.45, 2.75) is 38.6 Å². The fourth-order valence-corrected chi connectivity index (χ4v) is 7.45. The lowest BCUT2D eigenvalue weighted by Crippen LogP contribution is -2.50. The number of rotatable bonds is 9. The molecule has 1 spiro atoms. The Kier molecular flexibility index (Phi) is 8.16. The SMILES string of the molecule is COC(OC)C1CC2(CCN(c3ccc(C4=C(c5ccccc5)COc5cc(OCc6ccccc6)ccc54)cc3)CC2)C1. The average molecular weight is 588 g/mol. The maximum absolute atomic E-state index is 6.36. The number of benzene rings is 4. The Bertz CT molecular complexity index is 1580. The Labute approximate surface area is 261 Å². The minimum absolute atomic E-state index is 0.0648. The van der Waals surface area contributed by atoms with E-state index in [1.165, 1.54) is 53.6 Å². The first-order chi connectivity index (χ1) is 21.6. The van der Waals surface area contributed by atoms with E-state index in [9.17, 15) is 0 Å². The number of hydrogen-bond donors (Lipinski definition) is 0. The van der Waals surface area contributed by atoms with Crippen LogP contribution in [0.4, 0.5) is 5.69 Å². The Morgan fingerprint density at radius 2 is 1.48 bits per heavy atom. The molecule has 2 fully saturated rings. The third-order valence-electron chi connectivity index (χ3n) is 9.85. The minimum atomic E-state index is -0.0648. The van der Waals surface area contributed by atoms with E-state index < -0.39 is 0 Å². The highest BCUT2D eigenvalue weighted by atomic mass is 16.7. The molecule has 2 aliphatic heterocycles. The predicted octanol–water partition coefficient (Wildman–Crippen LogP) is 8.23. The van der Waals surface area contributed by atoms with E-state index in [-0.39, 0.29) is 6.29 Å². The number of methoxy groups -OCH3 is 2. The van der Waals surface area contributed by atoms with Gasteiger partial charge in [-0.05, 0) is 77.6 Å². The fourth-order valence-electron chi connectivity index (χ4n) is 7.45. The monoisotopic (exact) mass is 587 g/mol. The van der Waals surface area contributed by atoms with Crippen LogP contribution in [-0.2, 0) is 16.1 Å². The zero-order valence-electron chi connectivity index (χ0n) is 25.7. The number of fused-ring (bicyclic) bond motifs is 1. The molecule has 0 bridgehead atoms. The average Bonchev–Trinajstić information content (AvgIpc) is 3.08. The summed E-state index contributed by atoms with van der Waals surface area (Å²) >= 11 is 0. The maximum atomic E-state index is 6.36. The van der Waals surface area contributed by atoms with Gasteiger partial charge in [0.25, 0.3) is 0 Å². The van der Waals surface area contributed by atoms with E-state index in [2.05, 4.69) is 83.8 Å². The normalized spacial score (nSPS) is 17.8. The van der Waals surface area contributed by atoms with E-state index >= 15 is 0 Å². The van der Waals surface area contributed by atoms with Crippen LogP contribution < -0.4 is 14.4 Å². The molecule has 7 rings (SSSR count). The first-order valence-corrected chi connectivity index (χ1v) is 15.8. The van der Waals surface area contributed by atoms with Crippen molar-refractivity contribution in [3.63, 3.8) is 0 Å². The second-order valence-electron chi connectivity index (χ2n) is 12.5. The molecule has 1 aliphatic carbocycles. The fraction of sp³-hybridized carbons (Fsp3) is 0.333. The summed E-state index contributed by atoms with van der Waals surface area (Å²) < 4.78 is 23.6. The highest BCUT2D eigenvalue weighted by Crippen LogP contribution is 2.54. The van der Waals surface area contributed by atoms with Crippen LogP contribution in [0.3, 0.4) is 0 Å². The molecule has 0 atom stereocenters. The summed E-state index contributed by atoms with van der Waals surface area (Å²) in [6.45, 7) is 3.23. The van der Waals surface area contributed by atoms with Crippen LogP contribution in [0, 0.1) is 11.3 Å². The Balaban J connectivity index is 1.10. The first-order valence-electron chi connectivity index (χ1n) is 15.8. The van der Waals surface area contributed by atoms with Crippen LogP contribution in [0.5, 0.6) is 11.5 Å². The molecule has 0 radical (unpaired) electrons. The van der Waals surface area contributed by atoms with Gasteiger partial charge in [-0.1, -0.05) is 72.8 Å². The molecule has 3 aliphatic rings. The number of ether oxygens (including phenoxy) is 4. The van der Waals surface area contributed by atoms with Crippen LogP contribution in [-0.4, -0.2) is 40.2 Å². The maximum Gasteiger partial charge on any atom is 0.159 e. The van der Waals surface area contributed by atoms with Crippen molar-refractivity contribution >= 4 is 16.8 Å². The van der Waals surface area contributed by atoms with E-state index in [0.29, 0.717) is 24.5 Å². The van der Waals surface area contributed by atoms with E-state index in [4.69, 9.17) is 18.9 Å². The van der Waals surface area contributed by atoms with Gasteiger partial charge in [0.15, 0.2) is 6.29 Å². The predicted molar refractivity (Wildman–Crippen MR) is 176 cm³/mol. The third kappa shape index (κ3) is 5.74. The quantitative estimate of drug-likeness (QED) is 0.185. The van der Waals surface area contributed by atoms with Gasteiger partial charge in [0, 0.05) is 56.1 Å². The summed E-state index contributed by atoms with van der Waals surface area (Å²) in [5, 5.41) is 0. The molecule has 1 saturated carbocycles. The Morgan fingerprint density at radius 3 is 2.16 bits per heavy atom. The van der Waals surface area contributed by atoms with Gasteiger partial charge in [0.1, 0.15) is 24.7 Å². The molecular weight excluding hydrogens is 546 g/mol. The summed E-state index contributed by atoms with van der Waals surface area (Å²) in [5.41, 5.74) is 8.81. The standard InChI is InChI=1S/C39H41NO4/c1-41-38(42-2)31-24-39(25-31)19-21-40(22-20-39)32-15-13-30(14-16-32)37-34-18-17-33(43-26-28-9-5-3-6-10-28)23-36(34)44-27-35(37)29-11-7-4-8-12-29/h3-18,23,31,38H,19-22,24-27H2,1-2H3. The molecule has 5 nitrogen and oxygen atoms in total. The summed E-state index contributed by atoms with van der Waals surface area (Å²) in [6, 6.07) is 36.3. The van der Waals surface area contributed by atoms with Crippen molar-refractivity contribution < 1.29 is 18.9 Å². The van der Waals surface area contributed by atoms with Crippen LogP contribution in [0.1, 0.15) is 47.9 Å². The van der Waals surface area contributed by atoms with Crippen LogP contribution in [0.2, 0.25) is 0 Å². The molecule has 4 aromatic rings. The van der Waals surface area contributed by atoms with Gasteiger partial charge < -0.3 is 23.8 Å². The number of hydrogen-bond acceptors (Lipinski definition) is 5. The van der Waals surface area contributed by atoms with Crippen LogP contribution >= 0.6 is 0 Å². The summed E-state index contributed by atoms with van der Waals surface area (Å²) in [5.74, 6) is 2.20. The molecule has 226 valence electrons. The van der Waals surface area contributed by atoms with Gasteiger partial charge >= 0.3 is 0 Å². The van der Waals surface area contributed by atoms with Gasteiger partial charge in [-0.3, -0.25) is 0 Å². The van der Waals surface area contributed by atoms with Crippen molar-refractivity contribution in [1.82, 2.24) is 0 Å². The largest absolute Gasteiger partial charge is 0.489 e. The highest BCUT2D eigenvalue weighted by Gasteiger charge is 2.48. The van der Waals surface area contributed by atoms with Crippen molar-refractivity contribution in [3.8, 4) is 11.5 Å². The lowest BCUT2D eigenvalue weighted by molar-refractivity contribution is -0.184. The summed E-state index contributed by atoms with van der Waals surface area (Å²) in [6.07, 6.45) is 4.82. The van der Waals surface area contributed by atoms with Crippen LogP contribution in [0.25, 0.3) is 11.1 Å². The molecule has 1 saturated heterocycles. The van der Waals surface area contributed by atoms with Crippen LogP contribution in [0.15, 0.2) is 103 Å². The highest BCUT2D eigenvalue weighted by molar-refractivity contribution is 6.01. The molecule has 2 heterocycles. The topological polar surface area (TPSA) is 40.2 Å².